The van der Waals surface area contributed by atoms with E-state index in [0.29, 0.717) is 17.7 Å². The maximum atomic E-state index is 12.8. The lowest BCUT2D eigenvalue weighted by molar-refractivity contribution is -0.138. The summed E-state index contributed by atoms with van der Waals surface area (Å²) in [6, 6.07) is 9.32. The number of hydrogen-bond acceptors (Lipinski definition) is 3. The molecule has 1 N–H and O–H groups in total. The van der Waals surface area contributed by atoms with Crippen molar-refractivity contribution in [2.75, 3.05) is 6.54 Å². The molecule has 1 amide bonds. The highest BCUT2D eigenvalue weighted by atomic mass is 16.4. The highest BCUT2D eigenvalue weighted by Crippen LogP contribution is 2.16. The van der Waals surface area contributed by atoms with Gasteiger partial charge in [0.2, 0.25) is 0 Å². The predicted molar refractivity (Wildman–Crippen MR) is 86.7 cm³/mol. The Kier molecular flexibility index (Phi) is 5.16. The molecule has 0 saturated carbocycles. The van der Waals surface area contributed by atoms with Crippen LogP contribution in [-0.4, -0.2) is 44.3 Å². The van der Waals surface area contributed by atoms with Gasteiger partial charge in [-0.25, -0.2) is 4.68 Å². The molecule has 6 nitrogen and oxygen atoms in total. The maximum Gasteiger partial charge on any atom is 0.323 e. The minimum atomic E-state index is -1.02. The fourth-order valence-electron chi connectivity index (χ4n) is 2.33. The van der Waals surface area contributed by atoms with Crippen molar-refractivity contribution in [3.8, 4) is 5.69 Å². The minimum Gasteiger partial charge on any atom is -0.480 e. The Morgan fingerprint density at radius 3 is 2.52 bits per heavy atom. The molecule has 2 aromatic rings. The third-order valence-electron chi connectivity index (χ3n) is 3.84. The smallest absolute Gasteiger partial charge is 0.323 e. The van der Waals surface area contributed by atoms with Gasteiger partial charge in [-0.15, -0.1) is 0 Å². The van der Waals surface area contributed by atoms with E-state index in [1.54, 1.807) is 17.8 Å². The molecule has 23 heavy (non-hydrogen) atoms. The fraction of sp³-hybridized carbons (Fsp3) is 0.353. The van der Waals surface area contributed by atoms with Gasteiger partial charge < -0.3 is 10.0 Å². The number of aromatic nitrogens is 2. The van der Waals surface area contributed by atoms with Crippen LogP contribution in [0.15, 0.2) is 36.5 Å². The Balaban J connectivity index is 2.34. The van der Waals surface area contributed by atoms with Crippen LogP contribution in [0.25, 0.3) is 5.69 Å². The second kappa shape index (κ2) is 7.09. The summed E-state index contributed by atoms with van der Waals surface area (Å²) in [5, 5.41) is 13.4. The molecule has 1 aromatic carbocycles. The number of para-hydroxylation sites is 1. The fourth-order valence-corrected chi connectivity index (χ4v) is 2.33. The van der Waals surface area contributed by atoms with E-state index in [0.717, 1.165) is 5.69 Å². The van der Waals surface area contributed by atoms with Gasteiger partial charge in [-0.2, -0.15) is 5.10 Å². The number of carboxylic acid groups (broad SMARTS) is 1. The summed E-state index contributed by atoms with van der Waals surface area (Å²) in [4.78, 5) is 25.2. The van der Waals surface area contributed by atoms with E-state index in [1.807, 2.05) is 44.2 Å². The zero-order valence-electron chi connectivity index (χ0n) is 13.6. The van der Waals surface area contributed by atoms with Crippen molar-refractivity contribution in [3.63, 3.8) is 0 Å². The number of carbonyl (C=O) groups is 2. The highest BCUT2D eigenvalue weighted by molar-refractivity contribution is 5.96. The number of aliphatic carboxylic acids is 1. The van der Waals surface area contributed by atoms with Crippen LogP contribution in [0.2, 0.25) is 0 Å². The molecule has 0 aliphatic carbocycles. The monoisotopic (exact) mass is 315 g/mol. The first-order valence-corrected chi connectivity index (χ1v) is 7.58. The summed E-state index contributed by atoms with van der Waals surface area (Å²) >= 11 is 0. The number of carboxylic acids is 1. The zero-order chi connectivity index (χ0) is 17.0. The van der Waals surface area contributed by atoms with Gasteiger partial charge in [-0.05, 0) is 32.4 Å². The highest BCUT2D eigenvalue weighted by Gasteiger charge is 2.25. The number of carbonyl (C=O) groups excluding carboxylic acids is 1. The molecule has 122 valence electrons. The second-order valence-electron chi connectivity index (χ2n) is 5.49. The van der Waals surface area contributed by atoms with Crippen molar-refractivity contribution in [1.29, 1.82) is 0 Å². The third-order valence-corrected chi connectivity index (χ3v) is 3.84. The molecular weight excluding hydrogens is 294 g/mol. The van der Waals surface area contributed by atoms with Crippen molar-refractivity contribution in [1.82, 2.24) is 14.7 Å². The van der Waals surface area contributed by atoms with E-state index in [4.69, 9.17) is 5.11 Å². The van der Waals surface area contributed by atoms with E-state index in [2.05, 4.69) is 5.10 Å². The molecule has 0 bridgehead atoms. The topological polar surface area (TPSA) is 75.4 Å². The maximum absolute atomic E-state index is 12.8. The summed E-state index contributed by atoms with van der Waals surface area (Å²) < 4.78 is 1.64. The Morgan fingerprint density at radius 1 is 1.30 bits per heavy atom. The Morgan fingerprint density at radius 2 is 1.96 bits per heavy atom. The first-order valence-electron chi connectivity index (χ1n) is 7.58. The number of benzene rings is 1. The largest absolute Gasteiger partial charge is 0.480 e. The lowest BCUT2D eigenvalue weighted by Gasteiger charge is -2.26. The zero-order valence-corrected chi connectivity index (χ0v) is 13.6. The lowest BCUT2D eigenvalue weighted by atomic mass is 10.1. The molecule has 0 spiro atoms. The first-order chi connectivity index (χ1) is 10.9. The average Bonchev–Trinajstić information content (AvgIpc) is 2.94. The number of aryl methyl sites for hydroxylation is 1. The normalized spacial score (nSPS) is 12.0. The van der Waals surface area contributed by atoms with Crippen molar-refractivity contribution in [2.45, 2.75) is 33.2 Å². The molecule has 1 unspecified atom stereocenters. The number of nitrogens with zero attached hydrogens (tertiary/aromatic N) is 3. The van der Waals surface area contributed by atoms with Crippen LogP contribution in [0.5, 0.6) is 0 Å². The molecule has 0 fully saturated rings. The molecule has 1 atom stereocenters. The van der Waals surface area contributed by atoms with Crippen LogP contribution >= 0.6 is 0 Å². The summed E-state index contributed by atoms with van der Waals surface area (Å²) in [5.74, 6) is -1.33. The molecular formula is C17H21N3O3. The van der Waals surface area contributed by atoms with Crippen LogP contribution in [0, 0.1) is 6.92 Å². The van der Waals surface area contributed by atoms with Gasteiger partial charge in [0.1, 0.15) is 6.54 Å². The summed E-state index contributed by atoms with van der Waals surface area (Å²) in [6.45, 7) is 5.21. The first kappa shape index (κ1) is 16.7. The summed E-state index contributed by atoms with van der Waals surface area (Å²) in [6.07, 6.45) is 2.34. The molecule has 1 aromatic heterocycles. The van der Waals surface area contributed by atoms with Crippen LogP contribution in [0.1, 0.15) is 36.3 Å². The van der Waals surface area contributed by atoms with Crippen molar-refractivity contribution in [2.24, 2.45) is 0 Å². The third kappa shape index (κ3) is 3.77. The number of rotatable bonds is 6. The quantitative estimate of drug-likeness (QED) is 0.888. The van der Waals surface area contributed by atoms with Gasteiger partial charge in [0.25, 0.3) is 5.91 Å². The van der Waals surface area contributed by atoms with Gasteiger partial charge in [-0.1, -0.05) is 25.1 Å². The molecule has 0 radical (unpaired) electrons. The molecule has 2 rings (SSSR count). The van der Waals surface area contributed by atoms with Crippen LogP contribution < -0.4 is 0 Å². The summed E-state index contributed by atoms with van der Waals surface area (Å²) in [5.41, 5.74) is 1.86. The minimum absolute atomic E-state index is 0.155. The second-order valence-corrected chi connectivity index (χ2v) is 5.49. The summed E-state index contributed by atoms with van der Waals surface area (Å²) in [7, 11) is 0. The van der Waals surface area contributed by atoms with Crippen LogP contribution in [-0.2, 0) is 4.79 Å². The van der Waals surface area contributed by atoms with Crippen molar-refractivity contribution in [3.05, 3.63) is 47.8 Å². The van der Waals surface area contributed by atoms with Gasteiger partial charge in [0.15, 0.2) is 0 Å². The SMILES string of the molecule is CCC(C)N(CC(=O)O)C(=O)c1cn(-c2ccccc2)nc1C. The van der Waals surface area contributed by atoms with Crippen LogP contribution in [0.4, 0.5) is 0 Å². The van der Waals surface area contributed by atoms with Crippen molar-refractivity contribution < 1.29 is 14.7 Å². The lowest BCUT2D eigenvalue weighted by Crippen LogP contribution is -2.42. The van der Waals surface area contributed by atoms with Gasteiger partial charge in [0.05, 0.1) is 16.9 Å². The van der Waals surface area contributed by atoms with E-state index < -0.39 is 5.97 Å². The molecule has 0 saturated heterocycles. The van der Waals surface area contributed by atoms with Crippen molar-refractivity contribution >= 4 is 11.9 Å². The molecule has 6 heteroatoms. The molecule has 0 aliphatic rings. The van der Waals surface area contributed by atoms with E-state index in [9.17, 15) is 9.59 Å². The van der Waals surface area contributed by atoms with E-state index in [-0.39, 0.29) is 18.5 Å². The van der Waals surface area contributed by atoms with E-state index >= 15 is 0 Å². The van der Waals surface area contributed by atoms with E-state index in [1.165, 1.54) is 4.90 Å². The predicted octanol–water partition coefficient (Wildman–Crippen LogP) is 2.51. The number of hydrogen-bond donors (Lipinski definition) is 1. The van der Waals surface area contributed by atoms with Gasteiger partial charge in [0, 0.05) is 12.2 Å². The van der Waals surface area contributed by atoms with Gasteiger partial charge in [-0.3, -0.25) is 9.59 Å². The Bertz CT molecular complexity index is 694. The standard InChI is InChI=1S/C17H21N3O3/c1-4-12(2)19(11-16(21)22)17(23)15-10-20(18-13(15)3)14-8-6-5-7-9-14/h5-10,12H,4,11H2,1-3H3,(H,21,22). The molecule has 0 aliphatic heterocycles. The number of amides is 1. The average molecular weight is 315 g/mol. The Hall–Kier alpha value is -2.63. The van der Waals surface area contributed by atoms with Gasteiger partial charge >= 0.3 is 5.97 Å². The Labute approximate surface area is 135 Å². The van der Waals surface area contributed by atoms with Crippen LogP contribution in [0.3, 0.4) is 0 Å². The molecule has 1 heterocycles.